The Balaban J connectivity index is 2.43. The van der Waals surface area contributed by atoms with Gasteiger partial charge < -0.3 is 5.11 Å². The molecule has 0 spiro atoms. The molecule has 0 saturated carbocycles. The number of hydrogen-bond acceptors (Lipinski definition) is 4. The summed E-state index contributed by atoms with van der Waals surface area (Å²) in [6.07, 6.45) is 1.25. The maximum Gasteiger partial charge on any atom is 0.335 e. The Kier molecular flexibility index (Phi) is 3.93. The molecule has 0 fully saturated rings. The van der Waals surface area contributed by atoms with Crippen LogP contribution in [0.2, 0.25) is 5.02 Å². The van der Waals surface area contributed by atoms with Crippen LogP contribution in [0.4, 0.5) is 5.69 Å². The average Bonchev–Trinajstić information content (AvgIpc) is 2.78. The van der Waals surface area contributed by atoms with Crippen molar-refractivity contribution in [2.75, 3.05) is 11.4 Å². The number of carbonyl (C=O) groups is 1. The lowest BCUT2D eigenvalue weighted by Gasteiger charge is -2.19. The first-order chi connectivity index (χ1) is 9.75. The van der Waals surface area contributed by atoms with Crippen molar-refractivity contribution in [1.82, 2.24) is 9.78 Å². The van der Waals surface area contributed by atoms with Gasteiger partial charge in [-0.05, 0) is 24.3 Å². The number of nitrogens with zero attached hydrogens (tertiary/aromatic N) is 3. The largest absolute Gasteiger partial charge is 0.478 e. The van der Waals surface area contributed by atoms with Crippen molar-refractivity contribution in [2.45, 2.75) is 5.03 Å². The van der Waals surface area contributed by atoms with Crippen LogP contribution in [0.15, 0.2) is 35.5 Å². The van der Waals surface area contributed by atoms with E-state index in [1.165, 1.54) is 49.2 Å². The Morgan fingerprint density at radius 3 is 2.33 bits per heavy atom. The van der Waals surface area contributed by atoms with Crippen molar-refractivity contribution in [3.63, 3.8) is 0 Å². The molecule has 112 valence electrons. The third-order valence-electron chi connectivity index (χ3n) is 2.93. The van der Waals surface area contributed by atoms with Crippen LogP contribution < -0.4 is 4.31 Å². The van der Waals surface area contributed by atoms with E-state index in [0.29, 0.717) is 5.69 Å². The van der Waals surface area contributed by atoms with Crippen molar-refractivity contribution in [1.29, 1.82) is 0 Å². The number of sulfonamides is 1. The van der Waals surface area contributed by atoms with Gasteiger partial charge in [-0.15, -0.1) is 0 Å². The van der Waals surface area contributed by atoms with E-state index in [1.54, 1.807) is 0 Å². The van der Waals surface area contributed by atoms with Gasteiger partial charge in [-0.2, -0.15) is 13.5 Å². The molecule has 1 N–H and O–H groups in total. The number of aryl methyl sites for hydroxylation is 1. The highest BCUT2D eigenvalue weighted by Gasteiger charge is 2.28. The number of rotatable bonds is 4. The highest BCUT2D eigenvalue weighted by molar-refractivity contribution is 7.92. The van der Waals surface area contributed by atoms with Gasteiger partial charge in [-0.25, -0.2) is 4.79 Å². The predicted molar refractivity (Wildman–Crippen MR) is 77.2 cm³/mol. The molecule has 1 aromatic carbocycles. The van der Waals surface area contributed by atoms with Crippen LogP contribution in [0.25, 0.3) is 0 Å². The first-order valence-corrected chi connectivity index (χ1v) is 7.56. The lowest BCUT2D eigenvalue weighted by molar-refractivity contribution is 0.0697. The molecule has 1 aromatic heterocycles. The van der Waals surface area contributed by atoms with Crippen molar-refractivity contribution < 1.29 is 18.3 Å². The Morgan fingerprint density at radius 2 is 1.90 bits per heavy atom. The molecule has 0 amide bonds. The monoisotopic (exact) mass is 329 g/mol. The number of benzene rings is 1. The minimum Gasteiger partial charge on any atom is -0.478 e. The number of carboxylic acids is 1. The summed E-state index contributed by atoms with van der Waals surface area (Å²) in [4.78, 5) is 10.8. The smallest absolute Gasteiger partial charge is 0.335 e. The van der Waals surface area contributed by atoms with Crippen molar-refractivity contribution in [3.05, 3.63) is 41.0 Å². The summed E-state index contributed by atoms with van der Waals surface area (Å²) < 4.78 is 27.2. The molecule has 0 radical (unpaired) electrons. The lowest BCUT2D eigenvalue weighted by Crippen LogP contribution is -2.28. The van der Waals surface area contributed by atoms with Crippen molar-refractivity contribution in [2.24, 2.45) is 7.05 Å². The van der Waals surface area contributed by atoms with E-state index < -0.39 is 16.0 Å². The van der Waals surface area contributed by atoms with E-state index in [4.69, 9.17) is 16.7 Å². The van der Waals surface area contributed by atoms with Gasteiger partial charge >= 0.3 is 5.97 Å². The molecule has 2 rings (SSSR count). The van der Waals surface area contributed by atoms with E-state index >= 15 is 0 Å². The Labute approximate surface area is 126 Å². The SMILES string of the molecule is CN(c1ccc(C(=O)O)cc1)S(=O)(=O)c1c(Cl)cnn1C. The fraction of sp³-hybridized carbons (Fsp3) is 0.167. The fourth-order valence-electron chi connectivity index (χ4n) is 1.77. The normalized spacial score (nSPS) is 11.4. The average molecular weight is 330 g/mol. The molecule has 0 bridgehead atoms. The van der Waals surface area contributed by atoms with Crippen LogP contribution in [0.1, 0.15) is 10.4 Å². The Morgan fingerprint density at radius 1 is 1.33 bits per heavy atom. The number of anilines is 1. The molecule has 0 atom stereocenters. The number of halogens is 1. The molecule has 0 aliphatic carbocycles. The molecule has 0 aliphatic rings. The summed E-state index contributed by atoms with van der Waals surface area (Å²) in [6.45, 7) is 0. The molecule has 21 heavy (non-hydrogen) atoms. The van der Waals surface area contributed by atoms with Gasteiger partial charge in [0.25, 0.3) is 10.0 Å². The summed E-state index contributed by atoms with van der Waals surface area (Å²) in [5.41, 5.74) is 0.389. The van der Waals surface area contributed by atoms with Crippen LogP contribution in [-0.4, -0.2) is 36.3 Å². The highest BCUT2D eigenvalue weighted by Crippen LogP contribution is 2.26. The quantitative estimate of drug-likeness (QED) is 0.919. The molecular formula is C12H12ClN3O4S. The van der Waals surface area contributed by atoms with E-state index in [0.717, 1.165) is 4.31 Å². The van der Waals surface area contributed by atoms with Crippen LogP contribution in [0.3, 0.4) is 0 Å². The minimum atomic E-state index is -3.89. The maximum absolute atomic E-state index is 12.5. The zero-order chi connectivity index (χ0) is 15.8. The van der Waals surface area contributed by atoms with E-state index in [-0.39, 0.29) is 15.6 Å². The zero-order valence-electron chi connectivity index (χ0n) is 11.2. The van der Waals surface area contributed by atoms with Crippen molar-refractivity contribution >= 4 is 33.3 Å². The third-order valence-corrected chi connectivity index (χ3v) is 5.22. The zero-order valence-corrected chi connectivity index (χ0v) is 12.8. The van der Waals surface area contributed by atoms with Crippen LogP contribution in [0.5, 0.6) is 0 Å². The van der Waals surface area contributed by atoms with Gasteiger partial charge in [-0.1, -0.05) is 11.6 Å². The van der Waals surface area contributed by atoms with Gasteiger partial charge in [0, 0.05) is 14.1 Å². The molecule has 0 aliphatic heterocycles. The summed E-state index contributed by atoms with van der Waals surface area (Å²) in [5.74, 6) is -1.08. The second-order valence-corrected chi connectivity index (χ2v) is 6.54. The first kappa shape index (κ1) is 15.3. The standard InChI is InChI=1S/C12H12ClN3O4S/c1-15-11(10(13)7-14-15)21(19,20)16(2)9-5-3-8(4-6-9)12(17)18/h3-7H,1-2H3,(H,17,18). The fourth-order valence-corrected chi connectivity index (χ4v) is 3.57. The maximum atomic E-state index is 12.5. The predicted octanol–water partition coefficient (Wildman–Crippen LogP) is 1.60. The van der Waals surface area contributed by atoms with Gasteiger partial charge in [0.15, 0.2) is 5.03 Å². The van der Waals surface area contributed by atoms with Crippen LogP contribution in [-0.2, 0) is 17.1 Å². The summed E-state index contributed by atoms with van der Waals surface area (Å²) in [7, 11) is -1.06. The molecule has 1 heterocycles. The second kappa shape index (κ2) is 5.38. The van der Waals surface area contributed by atoms with E-state index in [1.807, 2.05) is 0 Å². The van der Waals surface area contributed by atoms with Gasteiger partial charge in [0.1, 0.15) is 0 Å². The molecule has 2 aromatic rings. The summed E-state index contributed by atoms with van der Waals surface area (Å²) >= 11 is 5.86. The Bertz CT molecular complexity index is 764. The van der Waals surface area contributed by atoms with E-state index in [9.17, 15) is 13.2 Å². The molecule has 9 heteroatoms. The Hall–Kier alpha value is -2.06. The lowest BCUT2D eigenvalue weighted by atomic mass is 10.2. The summed E-state index contributed by atoms with van der Waals surface area (Å²) in [5, 5.41) is 12.5. The van der Waals surface area contributed by atoms with Crippen LogP contribution in [0, 0.1) is 0 Å². The van der Waals surface area contributed by atoms with Gasteiger partial charge in [-0.3, -0.25) is 8.99 Å². The van der Waals surface area contributed by atoms with Crippen LogP contribution >= 0.6 is 11.6 Å². The molecule has 0 unspecified atom stereocenters. The molecule has 0 saturated heterocycles. The number of aromatic carboxylic acids is 1. The second-order valence-electron chi connectivity index (χ2n) is 4.25. The first-order valence-electron chi connectivity index (χ1n) is 5.75. The topological polar surface area (TPSA) is 92.5 Å². The third kappa shape index (κ3) is 2.72. The molecular weight excluding hydrogens is 318 g/mol. The van der Waals surface area contributed by atoms with Gasteiger partial charge in [0.2, 0.25) is 0 Å². The highest BCUT2D eigenvalue weighted by atomic mass is 35.5. The number of hydrogen-bond donors (Lipinski definition) is 1. The van der Waals surface area contributed by atoms with E-state index in [2.05, 4.69) is 5.10 Å². The number of carboxylic acid groups (broad SMARTS) is 1. The number of aromatic nitrogens is 2. The summed E-state index contributed by atoms with van der Waals surface area (Å²) in [6, 6.07) is 5.47. The van der Waals surface area contributed by atoms with Gasteiger partial charge in [0.05, 0.1) is 22.5 Å². The minimum absolute atomic E-state index is 0.0199. The van der Waals surface area contributed by atoms with Crippen molar-refractivity contribution in [3.8, 4) is 0 Å². The molecule has 7 nitrogen and oxygen atoms in total.